The van der Waals surface area contributed by atoms with Gasteiger partial charge in [0.25, 0.3) is 0 Å². The molecule has 0 spiro atoms. The van der Waals surface area contributed by atoms with E-state index in [9.17, 15) is 0 Å². The van der Waals surface area contributed by atoms with Gasteiger partial charge in [0.05, 0.1) is 0 Å². The normalized spacial score (nSPS) is 19.1. The van der Waals surface area contributed by atoms with E-state index < -0.39 is 7.14 Å². The van der Waals surface area contributed by atoms with E-state index in [4.69, 9.17) is 0 Å². The van der Waals surface area contributed by atoms with E-state index in [1.54, 1.807) is 5.57 Å². The van der Waals surface area contributed by atoms with Crippen molar-refractivity contribution in [2.45, 2.75) is 37.0 Å². The van der Waals surface area contributed by atoms with E-state index in [0.29, 0.717) is 11.8 Å². The van der Waals surface area contributed by atoms with E-state index in [0.717, 1.165) is 40.7 Å². The average Bonchev–Trinajstić information content (AvgIpc) is 3.28. The van der Waals surface area contributed by atoms with Crippen molar-refractivity contribution in [1.82, 2.24) is 0 Å². The molecular formula is C54H41OP. The van der Waals surface area contributed by atoms with Gasteiger partial charge in [-0.1, -0.05) is 188 Å². The van der Waals surface area contributed by atoms with Crippen LogP contribution < -0.4 is 15.9 Å². The maximum absolute atomic E-state index is 15.2. The zero-order valence-electron chi connectivity index (χ0n) is 31.2. The molecule has 268 valence electrons. The van der Waals surface area contributed by atoms with Crippen molar-refractivity contribution in [3.8, 4) is 33.4 Å². The van der Waals surface area contributed by atoms with E-state index in [-0.39, 0.29) is 5.92 Å². The van der Waals surface area contributed by atoms with Crippen molar-refractivity contribution >= 4 is 28.6 Å². The molecule has 0 heterocycles. The van der Waals surface area contributed by atoms with Gasteiger partial charge in [0.2, 0.25) is 0 Å². The lowest BCUT2D eigenvalue weighted by Gasteiger charge is -2.43. The number of hydrogen-bond acceptors (Lipinski definition) is 1. The molecule has 4 aliphatic carbocycles. The molecule has 7 aromatic carbocycles. The topological polar surface area (TPSA) is 17.1 Å². The second-order valence-electron chi connectivity index (χ2n) is 15.7. The Hall–Kier alpha value is -6.01. The lowest BCUT2D eigenvalue weighted by Crippen LogP contribution is -2.26. The van der Waals surface area contributed by atoms with Gasteiger partial charge in [-0.05, 0) is 104 Å². The Labute approximate surface area is 329 Å². The first kappa shape index (κ1) is 33.3. The van der Waals surface area contributed by atoms with E-state index in [1.165, 1.54) is 61.2 Å². The minimum absolute atomic E-state index is 0.200. The summed E-state index contributed by atoms with van der Waals surface area (Å²) in [5.74, 6) is 0.873. The first-order chi connectivity index (χ1) is 27.7. The van der Waals surface area contributed by atoms with E-state index in [1.807, 2.05) is 60.7 Å². The zero-order chi connectivity index (χ0) is 37.2. The molecule has 3 atom stereocenters. The fourth-order valence-corrected chi connectivity index (χ4v) is 13.0. The molecule has 2 heteroatoms. The minimum Gasteiger partial charge on any atom is -0.309 e. The quantitative estimate of drug-likeness (QED) is 0.164. The summed E-state index contributed by atoms with van der Waals surface area (Å²) in [7, 11) is -3.07. The Kier molecular flexibility index (Phi) is 7.94. The van der Waals surface area contributed by atoms with Crippen LogP contribution >= 0.6 is 7.14 Å². The fourth-order valence-electron chi connectivity index (χ4n) is 10.3. The molecule has 3 unspecified atom stereocenters. The van der Waals surface area contributed by atoms with Crippen LogP contribution in [0.1, 0.15) is 59.3 Å². The molecule has 0 amide bonds. The van der Waals surface area contributed by atoms with Gasteiger partial charge in [-0.15, -0.1) is 0 Å². The molecule has 11 rings (SSSR count). The fraction of sp³-hybridized carbons (Fsp3) is 0.111. The molecule has 56 heavy (non-hydrogen) atoms. The predicted octanol–water partition coefficient (Wildman–Crippen LogP) is 12.7. The van der Waals surface area contributed by atoms with Crippen LogP contribution in [0, 0.1) is 0 Å². The first-order valence-corrected chi connectivity index (χ1v) is 21.7. The van der Waals surface area contributed by atoms with Crippen molar-refractivity contribution < 1.29 is 4.57 Å². The number of fused-ring (bicyclic) bond motifs is 13. The third kappa shape index (κ3) is 5.18. The molecule has 1 nitrogen and oxygen atoms in total. The van der Waals surface area contributed by atoms with Gasteiger partial charge in [0.15, 0.2) is 7.14 Å². The van der Waals surface area contributed by atoms with Crippen LogP contribution in [0.2, 0.25) is 0 Å². The highest BCUT2D eigenvalue weighted by Crippen LogP contribution is 2.59. The van der Waals surface area contributed by atoms with Crippen molar-refractivity contribution in [1.29, 1.82) is 0 Å². The smallest absolute Gasteiger partial charge is 0.171 e. The molecule has 0 bridgehead atoms. The van der Waals surface area contributed by atoms with E-state index >= 15 is 4.57 Å². The maximum Gasteiger partial charge on any atom is 0.171 e. The number of allylic oxidation sites excluding steroid dienone is 6. The Morgan fingerprint density at radius 3 is 1.73 bits per heavy atom. The molecule has 0 saturated carbocycles. The van der Waals surface area contributed by atoms with Crippen molar-refractivity contribution in [2.24, 2.45) is 0 Å². The number of hydrogen-bond donors (Lipinski definition) is 0. The van der Waals surface area contributed by atoms with Crippen LogP contribution in [0.4, 0.5) is 0 Å². The summed E-state index contributed by atoms with van der Waals surface area (Å²) in [5.41, 5.74) is 17.8. The Bertz CT molecular complexity index is 2760. The maximum atomic E-state index is 15.2. The van der Waals surface area contributed by atoms with Crippen LogP contribution in [0.5, 0.6) is 0 Å². The van der Waals surface area contributed by atoms with Crippen molar-refractivity contribution in [3.63, 3.8) is 0 Å². The molecule has 0 aliphatic heterocycles. The zero-order valence-corrected chi connectivity index (χ0v) is 32.1. The summed E-state index contributed by atoms with van der Waals surface area (Å²) in [6.45, 7) is 0. The average molecular weight is 737 g/mol. The summed E-state index contributed by atoms with van der Waals surface area (Å²) in [6.07, 6.45) is 10.7. The van der Waals surface area contributed by atoms with Crippen LogP contribution in [0.25, 0.3) is 39.0 Å². The molecule has 0 aromatic heterocycles. The lowest BCUT2D eigenvalue weighted by atomic mass is 9.60. The second kappa shape index (κ2) is 13.3. The van der Waals surface area contributed by atoms with Crippen molar-refractivity contribution in [2.75, 3.05) is 0 Å². The molecular weight excluding hydrogens is 696 g/mol. The molecule has 7 aromatic rings. The highest BCUT2D eigenvalue weighted by Gasteiger charge is 2.41. The first-order valence-electron chi connectivity index (χ1n) is 20.0. The van der Waals surface area contributed by atoms with Crippen LogP contribution in [0.3, 0.4) is 0 Å². The third-order valence-electron chi connectivity index (χ3n) is 12.9. The third-order valence-corrected chi connectivity index (χ3v) is 16.0. The Morgan fingerprint density at radius 2 is 1.04 bits per heavy atom. The van der Waals surface area contributed by atoms with Gasteiger partial charge in [-0.3, -0.25) is 0 Å². The lowest BCUT2D eigenvalue weighted by molar-refractivity contribution is 0.497. The molecule has 0 fully saturated rings. The molecule has 4 aliphatic rings. The summed E-state index contributed by atoms with van der Waals surface area (Å²) < 4.78 is 15.2. The van der Waals surface area contributed by atoms with Gasteiger partial charge < -0.3 is 4.57 Å². The van der Waals surface area contributed by atoms with Gasteiger partial charge in [-0.25, -0.2) is 0 Å². The standard InChI is InChI=1S/C54H41OP/c55-56(38-15-3-1-4-16-38,39-17-5-2-6-18-39)40-30-27-36(28-31-40)37-29-32-49-45-23-8-7-19-41(45)42-20-9-14-26-48(42)53-34-51-46-24-12-10-21-43(46)44-22-11-13-25-47(44)52(51)35-54(53)50(49)33-37/h1-12,14-24,26-33,35,51,53-54H,13,25,34H2. The minimum atomic E-state index is -3.07. The summed E-state index contributed by atoms with van der Waals surface area (Å²) >= 11 is 0. The monoisotopic (exact) mass is 736 g/mol. The molecule has 0 N–H and O–H groups in total. The van der Waals surface area contributed by atoms with Gasteiger partial charge in [-0.2, -0.15) is 0 Å². The molecule has 0 radical (unpaired) electrons. The van der Waals surface area contributed by atoms with Crippen LogP contribution in [0.15, 0.2) is 205 Å². The Balaban J connectivity index is 1.10. The van der Waals surface area contributed by atoms with Gasteiger partial charge in [0.1, 0.15) is 0 Å². The highest BCUT2D eigenvalue weighted by atomic mass is 31.2. The number of benzene rings is 7. The van der Waals surface area contributed by atoms with Gasteiger partial charge >= 0.3 is 0 Å². The SMILES string of the molecule is O=P(c1ccccc1)(c1ccccc1)c1ccc(-c2ccc3c(c2)C2C=C4C5=C(C=CCC5)c5ccccc5C4CC2c2ccccc2-c2ccccc2-3)cc1. The van der Waals surface area contributed by atoms with Crippen LogP contribution in [-0.4, -0.2) is 0 Å². The van der Waals surface area contributed by atoms with Gasteiger partial charge in [0, 0.05) is 27.7 Å². The van der Waals surface area contributed by atoms with Crippen LogP contribution in [-0.2, 0) is 4.57 Å². The van der Waals surface area contributed by atoms with E-state index in [2.05, 4.69) is 133 Å². The summed E-state index contributed by atoms with van der Waals surface area (Å²) in [5, 5.41) is 2.55. The Morgan fingerprint density at radius 1 is 0.482 bits per heavy atom. The van der Waals surface area contributed by atoms with Crippen molar-refractivity contribution in [3.05, 3.63) is 228 Å². The largest absolute Gasteiger partial charge is 0.309 e. The highest BCUT2D eigenvalue weighted by molar-refractivity contribution is 7.85. The number of rotatable bonds is 4. The second-order valence-corrected chi connectivity index (χ2v) is 18.5. The summed E-state index contributed by atoms with van der Waals surface area (Å²) in [4.78, 5) is 0. The molecule has 0 saturated heterocycles. The summed E-state index contributed by atoms with van der Waals surface area (Å²) in [6, 6.07) is 63.0. The predicted molar refractivity (Wildman–Crippen MR) is 235 cm³/mol.